The maximum Gasteiger partial charge on any atom is 0.360 e. The second-order valence-electron chi connectivity index (χ2n) is 5.60. The molecule has 144 valence electrons. The fourth-order valence-electron chi connectivity index (χ4n) is 2.26. The van der Waals surface area contributed by atoms with Crippen LogP contribution in [0.2, 0.25) is 0 Å². The third-order valence-electron chi connectivity index (χ3n) is 3.53. The quantitative estimate of drug-likeness (QED) is 0.248. The molecule has 0 spiro atoms. The Morgan fingerprint density at radius 3 is 2.61 bits per heavy atom. The van der Waals surface area contributed by atoms with E-state index in [4.69, 9.17) is 14.4 Å². The van der Waals surface area contributed by atoms with E-state index in [9.17, 15) is 4.79 Å². The van der Waals surface area contributed by atoms with Crippen molar-refractivity contribution in [1.82, 2.24) is 0 Å². The molecule has 0 N–H and O–H groups in total. The highest BCUT2D eigenvalue weighted by atomic mass is 31.0. The number of benzene rings is 2. The topological polar surface area (TPSA) is 69.5 Å². The fourth-order valence-corrected chi connectivity index (χ4v) is 2.55. The third-order valence-corrected chi connectivity index (χ3v) is 3.89. The number of methoxy groups -OCH3 is 1. The van der Waals surface area contributed by atoms with Crippen molar-refractivity contribution < 1.29 is 19.2 Å². The average molecular weight is 396 g/mol. The largest absolute Gasteiger partial charge is 0.464 e. The summed E-state index contributed by atoms with van der Waals surface area (Å²) in [4.78, 5) is 22.1. The highest BCUT2D eigenvalue weighted by Gasteiger charge is 2.19. The average Bonchev–Trinajstić information content (AvgIpc) is 2.70. The Kier molecular flexibility index (Phi) is 8.20. The molecule has 2 aromatic carbocycles. The molecule has 0 radical (unpaired) electrons. The molecule has 1 atom stereocenters. The predicted octanol–water partition coefficient (Wildman–Crippen LogP) is 2.65. The van der Waals surface area contributed by atoms with Crippen LogP contribution in [0.5, 0.6) is 0 Å². The van der Waals surface area contributed by atoms with Gasteiger partial charge in [-0.25, -0.2) is 4.79 Å². The Morgan fingerprint density at radius 2 is 1.89 bits per heavy atom. The molecule has 6 nitrogen and oxygen atoms in total. The van der Waals surface area contributed by atoms with Gasteiger partial charge in [0.2, 0.25) is 0 Å². The number of ether oxygens (including phenoxy) is 1. The molecule has 7 heteroatoms. The molecule has 0 saturated carbocycles. The normalized spacial score (nSPS) is 11.3. The lowest BCUT2D eigenvalue weighted by atomic mass is 10.0. The summed E-state index contributed by atoms with van der Waals surface area (Å²) in [6.45, 7) is 1.89. The van der Waals surface area contributed by atoms with Crippen molar-refractivity contribution in [3.63, 3.8) is 0 Å². The zero-order chi connectivity index (χ0) is 20.4. The molecule has 28 heavy (non-hydrogen) atoms. The highest BCUT2D eigenvalue weighted by Crippen LogP contribution is 2.13. The monoisotopic (exact) mass is 396 g/mol. The van der Waals surface area contributed by atoms with Crippen molar-refractivity contribution in [2.75, 3.05) is 14.2 Å². The van der Waals surface area contributed by atoms with E-state index in [1.807, 2.05) is 36.4 Å². The van der Waals surface area contributed by atoms with Gasteiger partial charge in [0.05, 0.1) is 7.11 Å². The number of carbonyl (C=O) groups is 1. The van der Waals surface area contributed by atoms with Crippen LogP contribution in [0.25, 0.3) is 0 Å². The number of nitrogens with zero attached hydrogens (tertiary/aromatic N) is 2. The highest BCUT2D eigenvalue weighted by molar-refractivity contribution is 7.27. The van der Waals surface area contributed by atoms with Crippen LogP contribution in [0.15, 0.2) is 58.8 Å². The molecule has 0 bridgehead atoms. The number of hydrogen-bond donors (Lipinski definition) is 0. The van der Waals surface area contributed by atoms with Gasteiger partial charge in [-0.3, -0.25) is 0 Å². The summed E-state index contributed by atoms with van der Waals surface area (Å²) >= 11 is 0. The standard InChI is InChI=1S/C21H21N2O4P/c1-15(11-12-16-7-6-9-18(28)13-16)22-27-14-17-8-4-5-10-19(17)20(23-26-3)21(24)25-2/h4-10,13H,14,28H2,1-3H3/b22-15+,23-20+. The number of hydrogen-bond acceptors (Lipinski definition) is 6. The first-order chi connectivity index (χ1) is 13.5. The summed E-state index contributed by atoms with van der Waals surface area (Å²) in [5.41, 5.74) is 2.75. The van der Waals surface area contributed by atoms with E-state index in [2.05, 4.69) is 31.4 Å². The Balaban J connectivity index is 2.12. The van der Waals surface area contributed by atoms with Crippen LogP contribution < -0.4 is 5.30 Å². The van der Waals surface area contributed by atoms with Crippen molar-refractivity contribution in [1.29, 1.82) is 0 Å². The van der Waals surface area contributed by atoms with Gasteiger partial charge in [-0.15, -0.1) is 9.24 Å². The molecule has 0 aromatic heterocycles. The Morgan fingerprint density at radius 1 is 1.11 bits per heavy atom. The molecule has 0 fully saturated rings. The molecule has 2 rings (SSSR count). The summed E-state index contributed by atoms with van der Waals surface area (Å²) in [6, 6.07) is 15.0. The van der Waals surface area contributed by atoms with E-state index >= 15 is 0 Å². The molecule has 0 heterocycles. The molecular formula is C21H21N2O4P. The van der Waals surface area contributed by atoms with Gasteiger partial charge in [0.1, 0.15) is 19.4 Å². The first-order valence-corrected chi connectivity index (χ1v) is 8.94. The van der Waals surface area contributed by atoms with Crippen molar-refractivity contribution in [3.8, 4) is 11.8 Å². The Labute approximate surface area is 166 Å². The first-order valence-electron chi connectivity index (χ1n) is 8.37. The minimum atomic E-state index is -0.601. The van der Waals surface area contributed by atoms with Gasteiger partial charge in [-0.05, 0) is 30.3 Å². The van der Waals surface area contributed by atoms with Crippen LogP contribution in [-0.2, 0) is 25.8 Å². The van der Waals surface area contributed by atoms with Gasteiger partial charge >= 0.3 is 5.97 Å². The zero-order valence-corrected chi connectivity index (χ0v) is 17.1. The maximum atomic E-state index is 12.0. The van der Waals surface area contributed by atoms with Crippen molar-refractivity contribution in [2.24, 2.45) is 10.3 Å². The first kappa shape index (κ1) is 21.1. The third kappa shape index (κ3) is 6.22. The number of rotatable bonds is 6. The SMILES string of the molecule is CO/N=C(/C(=O)OC)c1ccccc1CO/N=C(\C)C#Cc1cccc(P)c1. The summed E-state index contributed by atoms with van der Waals surface area (Å²) in [6.07, 6.45) is 0. The lowest BCUT2D eigenvalue weighted by Crippen LogP contribution is -2.19. The number of oxime groups is 2. The Bertz CT molecular complexity index is 958. The van der Waals surface area contributed by atoms with Gasteiger partial charge < -0.3 is 14.4 Å². The molecule has 0 aliphatic heterocycles. The number of carbonyl (C=O) groups excluding carboxylic acids is 1. The minimum Gasteiger partial charge on any atom is -0.464 e. The van der Waals surface area contributed by atoms with Crippen molar-refractivity contribution >= 4 is 31.9 Å². The van der Waals surface area contributed by atoms with Gasteiger partial charge in [0, 0.05) is 16.7 Å². The van der Waals surface area contributed by atoms with E-state index in [1.54, 1.807) is 19.1 Å². The molecule has 1 unspecified atom stereocenters. The molecular weight excluding hydrogens is 375 g/mol. The maximum absolute atomic E-state index is 12.0. The predicted molar refractivity (Wildman–Crippen MR) is 113 cm³/mol. The molecule has 0 saturated heterocycles. The summed E-state index contributed by atoms with van der Waals surface area (Å²) in [7, 11) is 5.28. The lowest BCUT2D eigenvalue weighted by Gasteiger charge is -2.09. The van der Waals surface area contributed by atoms with Crippen LogP contribution in [0.3, 0.4) is 0 Å². The van der Waals surface area contributed by atoms with E-state index in [0.717, 1.165) is 10.9 Å². The van der Waals surface area contributed by atoms with Crippen LogP contribution in [0.4, 0.5) is 0 Å². The lowest BCUT2D eigenvalue weighted by molar-refractivity contribution is -0.132. The van der Waals surface area contributed by atoms with Crippen LogP contribution >= 0.6 is 9.24 Å². The minimum absolute atomic E-state index is 0.0574. The fraction of sp³-hybridized carbons (Fsp3) is 0.190. The van der Waals surface area contributed by atoms with Gasteiger partial charge in [-0.1, -0.05) is 52.6 Å². The van der Waals surface area contributed by atoms with Gasteiger partial charge in [0.15, 0.2) is 5.71 Å². The molecule has 0 aliphatic carbocycles. The zero-order valence-electron chi connectivity index (χ0n) is 15.9. The second kappa shape index (κ2) is 10.9. The van der Waals surface area contributed by atoms with Crippen LogP contribution in [-0.4, -0.2) is 31.6 Å². The van der Waals surface area contributed by atoms with E-state index in [0.29, 0.717) is 16.8 Å². The van der Waals surface area contributed by atoms with Crippen LogP contribution in [0, 0.1) is 11.8 Å². The van der Waals surface area contributed by atoms with E-state index < -0.39 is 5.97 Å². The molecule has 0 amide bonds. The molecule has 0 aliphatic rings. The van der Waals surface area contributed by atoms with Crippen LogP contribution in [0.1, 0.15) is 23.6 Å². The van der Waals surface area contributed by atoms with Gasteiger partial charge in [-0.2, -0.15) is 0 Å². The second-order valence-corrected chi connectivity index (χ2v) is 6.26. The number of esters is 1. The summed E-state index contributed by atoms with van der Waals surface area (Å²) in [5.74, 6) is 5.38. The van der Waals surface area contributed by atoms with Gasteiger partial charge in [0.25, 0.3) is 0 Å². The van der Waals surface area contributed by atoms with Crippen molar-refractivity contribution in [3.05, 3.63) is 65.2 Å². The van der Waals surface area contributed by atoms with E-state index in [1.165, 1.54) is 14.2 Å². The van der Waals surface area contributed by atoms with Crippen molar-refractivity contribution in [2.45, 2.75) is 13.5 Å². The smallest absolute Gasteiger partial charge is 0.360 e. The Hall–Kier alpha value is -3.16. The molecule has 2 aromatic rings. The summed E-state index contributed by atoms with van der Waals surface area (Å²) in [5, 5.41) is 8.85. The summed E-state index contributed by atoms with van der Waals surface area (Å²) < 4.78 is 4.76. The van der Waals surface area contributed by atoms with E-state index in [-0.39, 0.29) is 12.3 Å².